The lowest BCUT2D eigenvalue weighted by molar-refractivity contribution is 0.0621. The standard InChI is InChI=1S/C14H22O3/c1-4-11(2)14(15)10-17-13-7-5-6-12(8-13)9-16-3/h5-8,11,14-15H,4,9-10H2,1-3H3. The molecule has 0 amide bonds. The molecule has 96 valence electrons. The molecule has 17 heavy (non-hydrogen) atoms. The van der Waals surface area contributed by atoms with E-state index in [9.17, 15) is 5.11 Å². The van der Waals surface area contributed by atoms with Gasteiger partial charge in [-0.15, -0.1) is 0 Å². The van der Waals surface area contributed by atoms with Gasteiger partial charge in [0, 0.05) is 7.11 Å². The second-order valence-electron chi connectivity index (χ2n) is 4.34. The fraction of sp³-hybridized carbons (Fsp3) is 0.571. The zero-order chi connectivity index (χ0) is 12.7. The number of hydrogen-bond acceptors (Lipinski definition) is 3. The quantitative estimate of drug-likeness (QED) is 0.793. The Balaban J connectivity index is 2.48. The number of methoxy groups -OCH3 is 1. The molecule has 3 heteroatoms. The fourth-order valence-corrected chi connectivity index (χ4v) is 1.51. The molecular weight excluding hydrogens is 216 g/mol. The lowest BCUT2D eigenvalue weighted by Crippen LogP contribution is -2.24. The van der Waals surface area contributed by atoms with Crippen LogP contribution in [0.3, 0.4) is 0 Å². The summed E-state index contributed by atoms with van der Waals surface area (Å²) in [4.78, 5) is 0. The Kier molecular flexibility index (Phi) is 6.01. The number of benzene rings is 1. The first-order valence-electron chi connectivity index (χ1n) is 6.06. The molecule has 0 aromatic heterocycles. The van der Waals surface area contributed by atoms with Gasteiger partial charge < -0.3 is 14.6 Å². The topological polar surface area (TPSA) is 38.7 Å². The van der Waals surface area contributed by atoms with Gasteiger partial charge in [0.1, 0.15) is 12.4 Å². The normalized spacial score (nSPS) is 14.4. The first-order chi connectivity index (χ1) is 8.17. The molecule has 1 aromatic carbocycles. The summed E-state index contributed by atoms with van der Waals surface area (Å²) < 4.78 is 10.6. The van der Waals surface area contributed by atoms with E-state index in [2.05, 4.69) is 6.92 Å². The summed E-state index contributed by atoms with van der Waals surface area (Å²) >= 11 is 0. The average molecular weight is 238 g/mol. The number of rotatable bonds is 7. The Morgan fingerprint density at radius 1 is 1.35 bits per heavy atom. The van der Waals surface area contributed by atoms with Gasteiger partial charge in [-0.25, -0.2) is 0 Å². The van der Waals surface area contributed by atoms with Gasteiger partial charge in [0.15, 0.2) is 0 Å². The molecule has 0 aliphatic heterocycles. The van der Waals surface area contributed by atoms with Gasteiger partial charge in [0.2, 0.25) is 0 Å². The molecule has 0 spiro atoms. The van der Waals surface area contributed by atoms with Crippen LogP contribution in [-0.2, 0) is 11.3 Å². The maximum Gasteiger partial charge on any atom is 0.119 e. The van der Waals surface area contributed by atoms with Crippen molar-refractivity contribution in [1.82, 2.24) is 0 Å². The third kappa shape index (κ3) is 4.75. The Hall–Kier alpha value is -1.06. The molecule has 0 radical (unpaired) electrons. The van der Waals surface area contributed by atoms with Crippen LogP contribution in [0.4, 0.5) is 0 Å². The van der Waals surface area contributed by atoms with Crippen LogP contribution in [-0.4, -0.2) is 24.9 Å². The van der Waals surface area contributed by atoms with E-state index in [0.717, 1.165) is 17.7 Å². The van der Waals surface area contributed by atoms with E-state index in [1.165, 1.54) is 0 Å². The highest BCUT2D eigenvalue weighted by Gasteiger charge is 2.12. The van der Waals surface area contributed by atoms with Crippen LogP contribution >= 0.6 is 0 Å². The van der Waals surface area contributed by atoms with Crippen molar-refractivity contribution in [2.45, 2.75) is 33.0 Å². The van der Waals surface area contributed by atoms with Crippen molar-refractivity contribution in [1.29, 1.82) is 0 Å². The Labute approximate surface area is 103 Å². The van der Waals surface area contributed by atoms with E-state index >= 15 is 0 Å². The Morgan fingerprint density at radius 3 is 2.76 bits per heavy atom. The summed E-state index contributed by atoms with van der Waals surface area (Å²) in [6.45, 7) is 5.00. The second kappa shape index (κ2) is 7.30. The molecule has 0 saturated carbocycles. The van der Waals surface area contributed by atoms with Crippen molar-refractivity contribution in [3.63, 3.8) is 0 Å². The Bertz CT molecular complexity index is 325. The fourth-order valence-electron chi connectivity index (χ4n) is 1.51. The molecule has 0 bridgehead atoms. The number of ether oxygens (including phenoxy) is 2. The second-order valence-corrected chi connectivity index (χ2v) is 4.34. The van der Waals surface area contributed by atoms with Crippen LogP contribution in [0.1, 0.15) is 25.8 Å². The summed E-state index contributed by atoms with van der Waals surface area (Å²) in [7, 11) is 1.67. The molecule has 0 saturated heterocycles. The smallest absolute Gasteiger partial charge is 0.119 e. The minimum atomic E-state index is -0.411. The lowest BCUT2D eigenvalue weighted by Gasteiger charge is -2.17. The number of hydrogen-bond donors (Lipinski definition) is 1. The van der Waals surface area contributed by atoms with Crippen LogP contribution in [0.5, 0.6) is 5.75 Å². The van der Waals surface area contributed by atoms with Crippen LogP contribution in [0, 0.1) is 5.92 Å². The van der Waals surface area contributed by atoms with Crippen LogP contribution < -0.4 is 4.74 Å². The molecule has 0 heterocycles. The monoisotopic (exact) mass is 238 g/mol. The number of aliphatic hydroxyl groups is 1. The van der Waals surface area contributed by atoms with E-state index in [0.29, 0.717) is 13.2 Å². The van der Waals surface area contributed by atoms with Crippen molar-refractivity contribution in [3.05, 3.63) is 29.8 Å². The molecule has 0 aliphatic rings. The Morgan fingerprint density at radius 2 is 2.12 bits per heavy atom. The van der Waals surface area contributed by atoms with Crippen molar-refractivity contribution in [2.24, 2.45) is 5.92 Å². The van der Waals surface area contributed by atoms with E-state index in [-0.39, 0.29) is 5.92 Å². The summed E-state index contributed by atoms with van der Waals surface area (Å²) in [6.07, 6.45) is 0.542. The van der Waals surface area contributed by atoms with Gasteiger partial charge in [0.25, 0.3) is 0 Å². The maximum absolute atomic E-state index is 9.80. The SMILES string of the molecule is CCC(C)C(O)COc1cccc(COC)c1. The van der Waals surface area contributed by atoms with Gasteiger partial charge in [-0.05, 0) is 23.6 Å². The summed E-state index contributed by atoms with van der Waals surface area (Å²) in [5.74, 6) is 1.04. The van der Waals surface area contributed by atoms with Gasteiger partial charge in [-0.2, -0.15) is 0 Å². The predicted octanol–water partition coefficient (Wildman–Crippen LogP) is 2.62. The highest BCUT2D eigenvalue weighted by molar-refractivity contribution is 5.28. The van der Waals surface area contributed by atoms with Gasteiger partial charge >= 0.3 is 0 Å². The van der Waals surface area contributed by atoms with Crippen LogP contribution in [0.25, 0.3) is 0 Å². The minimum Gasteiger partial charge on any atom is -0.491 e. The molecule has 1 rings (SSSR count). The molecule has 0 fully saturated rings. The molecule has 2 unspecified atom stereocenters. The van der Waals surface area contributed by atoms with Crippen LogP contribution in [0.15, 0.2) is 24.3 Å². The summed E-state index contributed by atoms with van der Waals surface area (Å²) in [6, 6.07) is 7.75. The maximum atomic E-state index is 9.80. The van der Waals surface area contributed by atoms with Crippen molar-refractivity contribution < 1.29 is 14.6 Å². The highest BCUT2D eigenvalue weighted by atomic mass is 16.5. The van der Waals surface area contributed by atoms with Crippen molar-refractivity contribution in [2.75, 3.05) is 13.7 Å². The van der Waals surface area contributed by atoms with E-state index in [4.69, 9.17) is 9.47 Å². The van der Waals surface area contributed by atoms with Crippen LogP contribution in [0.2, 0.25) is 0 Å². The molecule has 1 aromatic rings. The first kappa shape index (κ1) is 14.0. The average Bonchev–Trinajstić information content (AvgIpc) is 2.36. The molecule has 0 aliphatic carbocycles. The van der Waals surface area contributed by atoms with E-state index in [1.807, 2.05) is 31.2 Å². The minimum absolute atomic E-state index is 0.261. The summed E-state index contributed by atoms with van der Waals surface area (Å²) in [5.41, 5.74) is 1.07. The highest BCUT2D eigenvalue weighted by Crippen LogP contribution is 2.15. The first-order valence-corrected chi connectivity index (χ1v) is 6.06. The zero-order valence-electron chi connectivity index (χ0n) is 10.8. The van der Waals surface area contributed by atoms with Gasteiger partial charge in [-0.3, -0.25) is 0 Å². The van der Waals surface area contributed by atoms with Crippen molar-refractivity contribution in [3.8, 4) is 5.75 Å². The zero-order valence-corrected chi connectivity index (χ0v) is 10.8. The largest absolute Gasteiger partial charge is 0.491 e. The molecular formula is C14H22O3. The lowest BCUT2D eigenvalue weighted by atomic mass is 10.0. The molecule has 2 atom stereocenters. The molecule has 1 N–H and O–H groups in total. The molecule has 3 nitrogen and oxygen atoms in total. The number of aliphatic hydroxyl groups excluding tert-OH is 1. The van der Waals surface area contributed by atoms with E-state index in [1.54, 1.807) is 7.11 Å². The van der Waals surface area contributed by atoms with Gasteiger partial charge in [-0.1, -0.05) is 32.4 Å². The summed E-state index contributed by atoms with van der Waals surface area (Å²) in [5, 5.41) is 9.80. The van der Waals surface area contributed by atoms with E-state index < -0.39 is 6.10 Å². The third-order valence-corrected chi connectivity index (χ3v) is 2.93. The van der Waals surface area contributed by atoms with Gasteiger partial charge in [0.05, 0.1) is 12.7 Å². The van der Waals surface area contributed by atoms with Crippen molar-refractivity contribution >= 4 is 0 Å². The third-order valence-electron chi connectivity index (χ3n) is 2.93. The predicted molar refractivity (Wildman–Crippen MR) is 68.1 cm³/mol.